The molecule has 6 heteroatoms. The summed E-state index contributed by atoms with van der Waals surface area (Å²) in [6, 6.07) is 7.07. The van der Waals surface area contributed by atoms with E-state index in [1.807, 2.05) is 13.0 Å². The smallest absolute Gasteiger partial charge is 0.261 e. The van der Waals surface area contributed by atoms with E-state index in [2.05, 4.69) is 10.6 Å². The summed E-state index contributed by atoms with van der Waals surface area (Å²) < 4.78 is 10.3. The van der Waals surface area contributed by atoms with Gasteiger partial charge in [-0.3, -0.25) is 10.1 Å². The molecule has 0 radical (unpaired) electrons. The van der Waals surface area contributed by atoms with Crippen LogP contribution >= 0.6 is 12.2 Å². The number of benzene rings is 1. The van der Waals surface area contributed by atoms with E-state index in [1.165, 1.54) is 0 Å². The van der Waals surface area contributed by atoms with Gasteiger partial charge in [0, 0.05) is 20.3 Å². The number of rotatable bonds is 7. The number of hydrogen-bond acceptors (Lipinski definition) is 4. The Hall–Kier alpha value is -1.66. The molecule has 0 saturated carbocycles. The van der Waals surface area contributed by atoms with Crippen molar-refractivity contribution in [2.24, 2.45) is 0 Å². The van der Waals surface area contributed by atoms with Gasteiger partial charge < -0.3 is 14.8 Å². The molecule has 20 heavy (non-hydrogen) atoms. The summed E-state index contributed by atoms with van der Waals surface area (Å²) in [6.45, 7) is 3.68. The van der Waals surface area contributed by atoms with Gasteiger partial charge in [0.05, 0.1) is 12.2 Å². The number of amides is 1. The lowest BCUT2D eigenvalue weighted by Gasteiger charge is -2.12. The minimum absolute atomic E-state index is 0.279. The lowest BCUT2D eigenvalue weighted by atomic mass is 10.2. The topological polar surface area (TPSA) is 59.6 Å². The fraction of sp³-hybridized carbons (Fsp3) is 0.429. The number of hydrogen-bond donors (Lipinski definition) is 2. The SMILES string of the molecule is CCOc1ccccc1C(=O)NC(=S)NCCCOC. The van der Waals surface area contributed by atoms with Crippen molar-refractivity contribution in [3.8, 4) is 5.75 Å². The van der Waals surface area contributed by atoms with Crippen LogP contribution in [0, 0.1) is 0 Å². The summed E-state index contributed by atoms with van der Waals surface area (Å²) in [7, 11) is 1.64. The molecule has 0 heterocycles. The zero-order chi connectivity index (χ0) is 14.8. The summed E-state index contributed by atoms with van der Waals surface area (Å²) in [5.41, 5.74) is 0.468. The van der Waals surface area contributed by atoms with Crippen LogP contribution < -0.4 is 15.4 Å². The third-order valence-corrected chi connectivity index (χ3v) is 2.72. The second-order valence-electron chi connectivity index (χ2n) is 3.99. The number of thiocarbonyl (C=S) groups is 1. The van der Waals surface area contributed by atoms with Gasteiger partial charge in [-0.2, -0.15) is 0 Å². The Balaban J connectivity index is 2.51. The lowest BCUT2D eigenvalue weighted by molar-refractivity contribution is 0.0973. The maximum Gasteiger partial charge on any atom is 0.261 e. The minimum atomic E-state index is -0.279. The molecule has 5 nitrogen and oxygen atoms in total. The Morgan fingerprint density at radius 2 is 2.10 bits per heavy atom. The fourth-order valence-electron chi connectivity index (χ4n) is 1.57. The molecule has 0 aliphatic heterocycles. The van der Waals surface area contributed by atoms with Gasteiger partial charge in [0.25, 0.3) is 5.91 Å². The number of carbonyl (C=O) groups is 1. The van der Waals surface area contributed by atoms with E-state index in [0.29, 0.717) is 36.2 Å². The number of nitrogens with one attached hydrogen (secondary N) is 2. The molecule has 1 aromatic carbocycles. The molecule has 0 atom stereocenters. The number of methoxy groups -OCH3 is 1. The largest absolute Gasteiger partial charge is 0.493 e. The lowest BCUT2D eigenvalue weighted by Crippen LogP contribution is -2.39. The first-order valence-corrected chi connectivity index (χ1v) is 6.89. The van der Waals surface area contributed by atoms with Crippen molar-refractivity contribution in [2.45, 2.75) is 13.3 Å². The highest BCUT2D eigenvalue weighted by molar-refractivity contribution is 7.80. The van der Waals surface area contributed by atoms with E-state index in [0.717, 1.165) is 6.42 Å². The summed E-state index contributed by atoms with van der Waals surface area (Å²) >= 11 is 5.06. The second-order valence-corrected chi connectivity index (χ2v) is 4.39. The van der Waals surface area contributed by atoms with Crippen molar-refractivity contribution >= 4 is 23.2 Å². The van der Waals surface area contributed by atoms with Crippen LogP contribution in [0.2, 0.25) is 0 Å². The fourth-order valence-corrected chi connectivity index (χ4v) is 1.76. The van der Waals surface area contributed by atoms with Crippen LogP contribution in [0.3, 0.4) is 0 Å². The Bertz CT molecular complexity index is 452. The second kappa shape index (κ2) is 9.28. The first kappa shape index (κ1) is 16.4. The molecule has 2 N–H and O–H groups in total. The van der Waals surface area contributed by atoms with Gasteiger partial charge in [-0.05, 0) is 37.7 Å². The summed E-state index contributed by atoms with van der Waals surface area (Å²) in [4.78, 5) is 12.1. The molecular weight excluding hydrogens is 276 g/mol. The average molecular weight is 296 g/mol. The highest BCUT2D eigenvalue weighted by atomic mass is 32.1. The molecule has 0 aliphatic rings. The molecule has 1 rings (SSSR count). The highest BCUT2D eigenvalue weighted by Gasteiger charge is 2.12. The first-order chi connectivity index (χ1) is 9.69. The molecule has 0 saturated heterocycles. The highest BCUT2D eigenvalue weighted by Crippen LogP contribution is 2.17. The van der Waals surface area contributed by atoms with Crippen molar-refractivity contribution in [3.63, 3.8) is 0 Å². The standard InChI is InChI=1S/C14H20N2O3S/c1-3-19-12-8-5-4-7-11(12)13(17)16-14(20)15-9-6-10-18-2/h4-5,7-8H,3,6,9-10H2,1-2H3,(H2,15,16,17,20). The van der Waals surface area contributed by atoms with E-state index in [4.69, 9.17) is 21.7 Å². The summed E-state index contributed by atoms with van der Waals surface area (Å²) in [5.74, 6) is 0.271. The Labute approximate surface area is 124 Å². The molecule has 0 aromatic heterocycles. The average Bonchev–Trinajstić information content (AvgIpc) is 2.44. The normalized spacial score (nSPS) is 9.90. The molecule has 1 amide bonds. The van der Waals surface area contributed by atoms with Crippen molar-refractivity contribution in [1.29, 1.82) is 0 Å². The first-order valence-electron chi connectivity index (χ1n) is 6.49. The minimum Gasteiger partial charge on any atom is -0.493 e. The zero-order valence-electron chi connectivity index (χ0n) is 11.8. The van der Waals surface area contributed by atoms with Crippen molar-refractivity contribution < 1.29 is 14.3 Å². The summed E-state index contributed by atoms with van der Waals surface area (Å²) in [5, 5.41) is 5.88. The van der Waals surface area contributed by atoms with E-state index >= 15 is 0 Å². The molecule has 0 aliphatic carbocycles. The maximum absolute atomic E-state index is 12.1. The van der Waals surface area contributed by atoms with Gasteiger partial charge in [-0.15, -0.1) is 0 Å². The van der Waals surface area contributed by atoms with Gasteiger partial charge in [0.1, 0.15) is 5.75 Å². The monoisotopic (exact) mass is 296 g/mol. The van der Waals surface area contributed by atoms with E-state index < -0.39 is 0 Å². The van der Waals surface area contributed by atoms with Gasteiger partial charge in [-0.1, -0.05) is 12.1 Å². The predicted octanol–water partition coefficient (Wildman–Crippen LogP) is 1.73. The Morgan fingerprint density at radius 3 is 2.80 bits per heavy atom. The maximum atomic E-state index is 12.1. The number of para-hydroxylation sites is 1. The van der Waals surface area contributed by atoms with Crippen LogP contribution in [0.5, 0.6) is 5.75 Å². The molecule has 1 aromatic rings. The van der Waals surface area contributed by atoms with Crippen LogP contribution in [0.4, 0.5) is 0 Å². The quantitative estimate of drug-likeness (QED) is 0.593. The Kier molecular flexibility index (Phi) is 7.60. The predicted molar refractivity (Wildman–Crippen MR) is 82.2 cm³/mol. The van der Waals surface area contributed by atoms with Gasteiger partial charge >= 0.3 is 0 Å². The van der Waals surface area contributed by atoms with Crippen LogP contribution in [-0.2, 0) is 4.74 Å². The Morgan fingerprint density at radius 1 is 1.35 bits per heavy atom. The molecule has 0 unspecified atom stereocenters. The molecule has 0 fully saturated rings. The number of carbonyl (C=O) groups excluding carboxylic acids is 1. The van der Waals surface area contributed by atoms with Crippen molar-refractivity contribution in [2.75, 3.05) is 26.9 Å². The van der Waals surface area contributed by atoms with Gasteiger partial charge in [0.15, 0.2) is 5.11 Å². The third-order valence-electron chi connectivity index (χ3n) is 2.47. The number of ether oxygens (including phenoxy) is 2. The van der Waals surface area contributed by atoms with Crippen LogP contribution in [-0.4, -0.2) is 37.9 Å². The van der Waals surface area contributed by atoms with E-state index in [9.17, 15) is 4.79 Å². The van der Waals surface area contributed by atoms with Crippen LogP contribution in [0.15, 0.2) is 24.3 Å². The van der Waals surface area contributed by atoms with E-state index in [-0.39, 0.29) is 5.91 Å². The van der Waals surface area contributed by atoms with Crippen LogP contribution in [0.1, 0.15) is 23.7 Å². The van der Waals surface area contributed by atoms with Gasteiger partial charge in [0.2, 0.25) is 0 Å². The molecule has 0 spiro atoms. The zero-order valence-corrected chi connectivity index (χ0v) is 12.6. The third kappa shape index (κ3) is 5.54. The van der Waals surface area contributed by atoms with Crippen molar-refractivity contribution in [3.05, 3.63) is 29.8 Å². The molecular formula is C14H20N2O3S. The van der Waals surface area contributed by atoms with Crippen molar-refractivity contribution in [1.82, 2.24) is 10.6 Å². The molecule has 0 bridgehead atoms. The van der Waals surface area contributed by atoms with E-state index in [1.54, 1.807) is 25.3 Å². The van der Waals surface area contributed by atoms with Gasteiger partial charge in [-0.25, -0.2) is 0 Å². The molecule has 110 valence electrons. The van der Waals surface area contributed by atoms with Crippen LogP contribution in [0.25, 0.3) is 0 Å². The summed E-state index contributed by atoms with van der Waals surface area (Å²) in [6.07, 6.45) is 0.821.